The van der Waals surface area contributed by atoms with Gasteiger partial charge in [-0.15, -0.1) is 0 Å². The standard InChI is InChI=1S/C12H13F2NO/c1-7(2)15-6-10-4-8-3-9(13)5-11(14)12(8)16-10/h3-5,7,15H,6H2,1-2H3. The molecule has 2 nitrogen and oxygen atoms in total. The summed E-state index contributed by atoms with van der Waals surface area (Å²) in [4.78, 5) is 0. The van der Waals surface area contributed by atoms with Gasteiger partial charge in [0.25, 0.3) is 0 Å². The molecule has 86 valence electrons. The van der Waals surface area contributed by atoms with Gasteiger partial charge < -0.3 is 9.73 Å². The predicted molar refractivity (Wildman–Crippen MR) is 58.1 cm³/mol. The predicted octanol–water partition coefficient (Wildman–Crippen LogP) is 3.21. The average molecular weight is 225 g/mol. The summed E-state index contributed by atoms with van der Waals surface area (Å²) in [5.74, 6) is -0.645. The van der Waals surface area contributed by atoms with Crippen LogP contribution < -0.4 is 5.32 Å². The summed E-state index contributed by atoms with van der Waals surface area (Å²) in [5.41, 5.74) is 0.113. The molecule has 0 bridgehead atoms. The number of hydrogen-bond donors (Lipinski definition) is 1. The number of fused-ring (bicyclic) bond motifs is 1. The lowest BCUT2D eigenvalue weighted by molar-refractivity contribution is 0.474. The molecule has 0 spiro atoms. The number of benzene rings is 1. The van der Waals surface area contributed by atoms with Gasteiger partial charge in [0, 0.05) is 17.5 Å². The quantitative estimate of drug-likeness (QED) is 0.867. The smallest absolute Gasteiger partial charge is 0.170 e. The molecule has 0 aliphatic heterocycles. The summed E-state index contributed by atoms with van der Waals surface area (Å²) in [7, 11) is 0. The van der Waals surface area contributed by atoms with E-state index in [1.54, 1.807) is 6.07 Å². The van der Waals surface area contributed by atoms with E-state index < -0.39 is 11.6 Å². The van der Waals surface area contributed by atoms with Crippen molar-refractivity contribution in [2.45, 2.75) is 26.4 Å². The van der Waals surface area contributed by atoms with Crippen LogP contribution in [0.4, 0.5) is 8.78 Å². The van der Waals surface area contributed by atoms with Crippen molar-refractivity contribution in [2.24, 2.45) is 0 Å². The van der Waals surface area contributed by atoms with Crippen molar-refractivity contribution in [2.75, 3.05) is 0 Å². The van der Waals surface area contributed by atoms with Crippen LogP contribution in [0.2, 0.25) is 0 Å². The molecule has 0 unspecified atom stereocenters. The number of furan rings is 1. The maximum atomic E-state index is 13.3. The van der Waals surface area contributed by atoms with Gasteiger partial charge in [0.2, 0.25) is 0 Å². The Labute approximate surface area is 92.2 Å². The Hall–Kier alpha value is -1.42. The lowest BCUT2D eigenvalue weighted by Gasteiger charge is -2.04. The molecule has 0 radical (unpaired) electrons. The molecule has 0 saturated heterocycles. The normalized spacial score (nSPS) is 11.6. The minimum absolute atomic E-state index is 0.113. The topological polar surface area (TPSA) is 25.2 Å². The molecule has 4 heteroatoms. The Morgan fingerprint density at radius 3 is 2.69 bits per heavy atom. The Bertz CT molecular complexity index is 505. The number of hydrogen-bond acceptors (Lipinski definition) is 2. The molecule has 0 saturated carbocycles. The Morgan fingerprint density at radius 1 is 1.25 bits per heavy atom. The van der Waals surface area contributed by atoms with Gasteiger partial charge in [0.05, 0.1) is 6.54 Å². The highest BCUT2D eigenvalue weighted by atomic mass is 19.1. The monoisotopic (exact) mass is 225 g/mol. The molecule has 0 aliphatic rings. The summed E-state index contributed by atoms with van der Waals surface area (Å²) in [6.07, 6.45) is 0. The van der Waals surface area contributed by atoms with E-state index in [9.17, 15) is 8.78 Å². The zero-order valence-electron chi connectivity index (χ0n) is 9.18. The van der Waals surface area contributed by atoms with Crippen LogP contribution in [0, 0.1) is 11.6 Å². The van der Waals surface area contributed by atoms with Gasteiger partial charge in [-0.1, -0.05) is 13.8 Å². The molecule has 16 heavy (non-hydrogen) atoms. The van der Waals surface area contributed by atoms with Crippen molar-refractivity contribution in [1.29, 1.82) is 0 Å². The average Bonchev–Trinajstić information content (AvgIpc) is 2.57. The van der Waals surface area contributed by atoms with Gasteiger partial charge in [-0.25, -0.2) is 8.78 Å². The van der Waals surface area contributed by atoms with E-state index >= 15 is 0 Å². The highest BCUT2D eigenvalue weighted by Crippen LogP contribution is 2.23. The van der Waals surface area contributed by atoms with E-state index in [1.807, 2.05) is 13.8 Å². The van der Waals surface area contributed by atoms with E-state index in [1.165, 1.54) is 6.07 Å². The van der Waals surface area contributed by atoms with Crippen molar-refractivity contribution in [3.05, 3.63) is 35.6 Å². The third kappa shape index (κ3) is 2.22. The molecule has 0 atom stereocenters. The van der Waals surface area contributed by atoms with Crippen molar-refractivity contribution in [3.63, 3.8) is 0 Å². The lowest BCUT2D eigenvalue weighted by atomic mass is 10.2. The molecule has 2 aromatic rings. The van der Waals surface area contributed by atoms with Crippen LogP contribution in [0.5, 0.6) is 0 Å². The molecule has 2 rings (SSSR count). The summed E-state index contributed by atoms with van der Waals surface area (Å²) in [6, 6.07) is 4.05. The van der Waals surface area contributed by atoms with Crippen molar-refractivity contribution < 1.29 is 13.2 Å². The third-order valence-corrected chi connectivity index (χ3v) is 2.27. The molecule has 0 fully saturated rings. The number of halogens is 2. The van der Waals surface area contributed by atoms with Crippen LogP contribution in [0.25, 0.3) is 11.0 Å². The van der Waals surface area contributed by atoms with Gasteiger partial charge in [-0.05, 0) is 12.1 Å². The van der Waals surface area contributed by atoms with Gasteiger partial charge in [0.1, 0.15) is 11.6 Å². The maximum absolute atomic E-state index is 13.3. The number of rotatable bonds is 3. The van der Waals surface area contributed by atoms with Crippen LogP contribution in [-0.2, 0) is 6.54 Å². The van der Waals surface area contributed by atoms with Gasteiger partial charge in [-0.2, -0.15) is 0 Å². The van der Waals surface area contributed by atoms with Crippen LogP contribution >= 0.6 is 0 Å². The Kier molecular flexibility index (Phi) is 2.92. The van der Waals surface area contributed by atoms with Crippen molar-refractivity contribution in [1.82, 2.24) is 5.32 Å². The Morgan fingerprint density at radius 2 is 2.00 bits per heavy atom. The molecule has 0 aliphatic carbocycles. The van der Waals surface area contributed by atoms with E-state index in [0.717, 1.165) is 6.07 Å². The zero-order valence-corrected chi connectivity index (χ0v) is 9.18. The van der Waals surface area contributed by atoms with Gasteiger partial charge >= 0.3 is 0 Å². The minimum atomic E-state index is -0.661. The largest absolute Gasteiger partial charge is 0.457 e. The van der Waals surface area contributed by atoms with Gasteiger partial charge in [0.15, 0.2) is 11.4 Å². The van der Waals surface area contributed by atoms with Crippen LogP contribution in [-0.4, -0.2) is 6.04 Å². The summed E-state index contributed by atoms with van der Waals surface area (Å²) in [5, 5.41) is 3.60. The molecule has 1 heterocycles. The first-order chi connectivity index (χ1) is 7.56. The summed E-state index contributed by atoms with van der Waals surface area (Å²) in [6.45, 7) is 4.51. The second-order valence-electron chi connectivity index (χ2n) is 4.05. The van der Waals surface area contributed by atoms with Gasteiger partial charge in [-0.3, -0.25) is 0 Å². The number of nitrogens with one attached hydrogen (secondary N) is 1. The molecule has 1 aromatic heterocycles. The Balaban J connectivity index is 2.33. The second-order valence-corrected chi connectivity index (χ2v) is 4.05. The molecular formula is C12H13F2NO. The highest BCUT2D eigenvalue weighted by Gasteiger charge is 2.10. The van der Waals surface area contributed by atoms with E-state index in [0.29, 0.717) is 23.7 Å². The first-order valence-corrected chi connectivity index (χ1v) is 5.17. The fourth-order valence-corrected chi connectivity index (χ4v) is 1.52. The summed E-state index contributed by atoms with van der Waals surface area (Å²) >= 11 is 0. The maximum Gasteiger partial charge on any atom is 0.170 e. The van der Waals surface area contributed by atoms with E-state index in [4.69, 9.17) is 4.42 Å². The molecular weight excluding hydrogens is 212 g/mol. The zero-order chi connectivity index (χ0) is 11.7. The van der Waals surface area contributed by atoms with Crippen molar-refractivity contribution >= 4 is 11.0 Å². The third-order valence-electron chi connectivity index (χ3n) is 2.27. The summed E-state index contributed by atoms with van der Waals surface area (Å²) < 4.78 is 31.5. The molecule has 1 N–H and O–H groups in total. The second kappa shape index (κ2) is 4.22. The highest BCUT2D eigenvalue weighted by molar-refractivity contribution is 5.78. The van der Waals surface area contributed by atoms with Crippen LogP contribution in [0.15, 0.2) is 22.6 Å². The first-order valence-electron chi connectivity index (χ1n) is 5.17. The lowest BCUT2D eigenvalue weighted by Crippen LogP contribution is -2.21. The minimum Gasteiger partial charge on any atom is -0.457 e. The molecule has 1 aromatic carbocycles. The van der Waals surface area contributed by atoms with E-state index in [-0.39, 0.29) is 5.58 Å². The molecule has 0 amide bonds. The fourth-order valence-electron chi connectivity index (χ4n) is 1.52. The van der Waals surface area contributed by atoms with E-state index in [2.05, 4.69) is 5.32 Å². The van der Waals surface area contributed by atoms with Crippen molar-refractivity contribution in [3.8, 4) is 0 Å². The van der Waals surface area contributed by atoms with Crippen LogP contribution in [0.3, 0.4) is 0 Å². The first kappa shape index (κ1) is 11.1. The fraction of sp³-hybridized carbons (Fsp3) is 0.333. The SMILES string of the molecule is CC(C)NCc1cc2cc(F)cc(F)c2o1. The van der Waals surface area contributed by atoms with Crippen LogP contribution in [0.1, 0.15) is 19.6 Å².